The number of rotatable bonds is 4. The molecule has 2 rings (SSSR count). The van der Waals surface area contributed by atoms with Crippen molar-refractivity contribution in [2.24, 2.45) is 0 Å². The van der Waals surface area contributed by atoms with Crippen LogP contribution in [0.5, 0.6) is 0 Å². The molecule has 6 heteroatoms. The van der Waals surface area contributed by atoms with E-state index >= 15 is 0 Å². The molecule has 0 aliphatic heterocycles. The first-order valence-electron chi connectivity index (χ1n) is 5.56. The maximum absolute atomic E-state index is 11.9. The molecule has 3 N–H and O–H groups in total. The van der Waals surface area contributed by atoms with Gasteiger partial charge in [0.2, 0.25) is 5.89 Å². The van der Waals surface area contributed by atoms with Gasteiger partial charge in [0.1, 0.15) is 0 Å². The molecule has 18 heavy (non-hydrogen) atoms. The van der Waals surface area contributed by atoms with Crippen LogP contribution < -0.4 is 11.1 Å². The van der Waals surface area contributed by atoms with E-state index < -0.39 is 0 Å². The molecule has 1 aromatic heterocycles. The van der Waals surface area contributed by atoms with Crippen molar-refractivity contribution in [2.75, 3.05) is 12.3 Å². The molecular formula is C12H14N4O2. The molecule has 1 amide bonds. The fourth-order valence-corrected chi connectivity index (χ4v) is 1.57. The Hall–Kier alpha value is -2.37. The van der Waals surface area contributed by atoms with Gasteiger partial charge >= 0.3 is 0 Å². The van der Waals surface area contributed by atoms with Gasteiger partial charge in [-0.05, 0) is 24.6 Å². The van der Waals surface area contributed by atoms with Crippen LogP contribution in [0.1, 0.15) is 21.8 Å². The van der Waals surface area contributed by atoms with E-state index in [4.69, 9.17) is 10.3 Å². The maximum atomic E-state index is 11.9. The van der Waals surface area contributed by atoms with Gasteiger partial charge in [0.25, 0.3) is 5.91 Å². The van der Waals surface area contributed by atoms with Gasteiger partial charge in [-0.3, -0.25) is 4.79 Å². The van der Waals surface area contributed by atoms with Gasteiger partial charge in [-0.25, -0.2) is 0 Å². The van der Waals surface area contributed by atoms with Crippen LogP contribution >= 0.6 is 0 Å². The molecule has 0 fully saturated rings. The Balaban J connectivity index is 1.93. The minimum absolute atomic E-state index is 0.153. The SMILES string of the molecule is Cc1ccc(N)cc1C(=O)NCCc1ncno1. The first-order chi connectivity index (χ1) is 8.66. The van der Waals surface area contributed by atoms with E-state index in [0.29, 0.717) is 30.1 Å². The third-order valence-corrected chi connectivity index (χ3v) is 2.54. The lowest BCUT2D eigenvalue weighted by atomic mass is 10.1. The van der Waals surface area contributed by atoms with E-state index in [1.165, 1.54) is 6.33 Å². The zero-order valence-corrected chi connectivity index (χ0v) is 10.0. The second kappa shape index (κ2) is 5.31. The number of benzene rings is 1. The molecule has 0 aliphatic carbocycles. The predicted octanol–water partition coefficient (Wildman–Crippen LogP) is 0.933. The molecule has 0 aliphatic rings. The largest absolute Gasteiger partial charge is 0.399 e. The molecule has 0 bridgehead atoms. The van der Waals surface area contributed by atoms with E-state index in [1.807, 2.05) is 13.0 Å². The molecule has 0 spiro atoms. The number of amides is 1. The number of nitrogens with zero attached hydrogens (tertiary/aromatic N) is 2. The van der Waals surface area contributed by atoms with Crippen LogP contribution in [-0.4, -0.2) is 22.6 Å². The Morgan fingerprint density at radius 2 is 2.33 bits per heavy atom. The first kappa shape index (κ1) is 12.1. The molecule has 0 saturated carbocycles. The number of carbonyl (C=O) groups is 1. The fraction of sp³-hybridized carbons (Fsp3) is 0.250. The van der Waals surface area contributed by atoms with E-state index in [-0.39, 0.29) is 5.91 Å². The topological polar surface area (TPSA) is 94.0 Å². The Bertz CT molecular complexity index is 537. The molecule has 0 unspecified atom stereocenters. The summed E-state index contributed by atoms with van der Waals surface area (Å²) in [5.74, 6) is 0.346. The van der Waals surface area contributed by atoms with Crippen LogP contribution in [0.25, 0.3) is 0 Å². The van der Waals surface area contributed by atoms with Gasteiger partial charge in [-0.2, -0.15) is 4.98 Å². The van der Waals surface area contributed by atoms with Gasteiger partial charge < -0.3 is 15.6 Å². The van der Waals surface area contributed by atoms with Crippen molar-refractivity contribution in [3.63, 3.8) is 0 Å². The summed E-state index contributed by atoms with van der Waals surface area (Å²) >= 11 is 0. The van der Waals surface area contributed by atoms with Crippen LogP contribution in [-0.2, 0) is 6.42 Å². The summed E-state index contributed by atoms with van der Waals surface area (Å²) in [5.41, 5.74) is 7.70. The highest BCUT2D eigenvalue weighted by Crippen LogP contribution is 2.12. The van der Waals surface area contributed by atoms with Gasteiger partial charge in [0.15, 0.2) is 6.33 Å². The van der Waals surface area contributed by atoms with Gasteiger partial charge in [-0.15, -0.1) is 0 Å². The lowest BCUT2D eigenvalue weighted by molar-refractivity contribution is 0.0953. The third kappa shape index (κ3) is 2.85. The smallest absolute Gasteiger partial charge is 0.251 e. The Morgan fingerprint density at radius 1 is 1.50 bits per heavy atom. The molecule has 0 atom stereocenters. The normalized spacial score (nSPS) is 10.3. The monoisotopic (exact) mass is 246 g/mol. The quantitative estimate of drug-likeness (QED) is 0.783. The Kier molecular flexibility index (Phi) is 3.57. The number of carbonyl (C=O) groups excluding carboxylic acids is 1. The minimum atomic E-state index is -0.153. The Morgan fingerprint density at radius 3 is 3.06 bits per heavy atom. The number of aryl methyl sites for hydroxylation is 1. The molecule has 6 nitrogen and oxygen atoms in total. The van der Waals surface area contributed by atoms with Crippen LogP contribution in [0.3, 0.4) is 0 Å². The van der Waals surface area contributed by atoms with Crippen LogP contribution in [0.15, 0.2) is 29.0 Å². The minimum Gasteiger partial charge on any atom is -0.399 e. The van der Waals surface area contributed by atoms with E-state index in [9.17, 15) is 4.79 Å². The van der Waals surface area contributed by atoms with Gasteiger partial charge in [-0.1, -0.05) is 11.2 Å². The van der Waals surface area contributed by atoms with Crippen molar-refractivity contribution in [3.05, 3.63) is 41.5 Å². The van der Waals surface area contributed by atoms with Crippen molar-refractivity contribution >= 4 is 11.6 Å². The second-order valence-electron chi connectivity index (χ2n) is 3.92. The number of nitrogens with two attached hydrogens (primary N) is 1. The lowest BCUT2D eigenvalue weighted by Crippen LogP contribution is -2.26. The summed E-state index contributed by atoms with van der Waals surface area (Å²) in [5, 5.41) is 6.27. The Labute approximate surface area is 104 Å². The molecule has 2 aromatic rings. The highest BCUT2D eigenvalue weighted by atomic mass is 16.5. The lowest BCUT2D eigenvalue weighted by Gasteiger charge is -2.07. The van der Waals surface area contributed by atoms with E-state index in [1.54, 1.807) is 12.1 Å². The number of hydrogen-bond acceptors (Lipinski definition) is 5. The molecular weight excluding hydrogens is 232 g/mol. The predicted molar refractivity (Wildman–Crippen MR) is 65.9 cm³/mol. The van der Waals surface area contributed by atoms with Gasteiger partial charge in [0, 0.05) is 24.2 Å². The van der Waals surface area contributed by atoms with Crippen molar-refractivity contribution < 1.29 is 9.32 Å². The second-order valence-corrected chi connectivity index (χ2v) is 3.92. The number of nitrogen functional groups attached to an aromatic ring is 1. The summed E-state index contributed by atoms with van der Waals surface area (Å²) < 4.78 is 4.83. The number of aromatic nitrogens is 2. The zero-order chi connectivity index (χ0) is 13.0. The first-order valence-corrected chi connectivity index (χ1v) is 5.56. The number of anilines is 1. The molecule has 0 saturated heterocycles. The van der Waals surface area contributed by atoms with Crippen LogP contribution in [0, 0.1) is 6.92 Å². The van der Waals surface area contributed by atoms with Crippen molar-refractivity contribution in [1.82, 2.24) is 15.5 Å². The standard InChI is InChI=1S/C12H14N4O2/c1-8-2-3-9(13)6-10(8)12(17)14-5-4-11-15-7-16-18-11/h2-3,6-7H,4-5,13H2,1H3,(H,14,17). The summed E-state index contributed by atoms with van der Waals surface area (Å²) in [6.45, 7) is 2.31. The summed E-state index contributed by atoms with van der Waals surface area (Å²) in [4.78, 5) is 15.8. The van der Waals surface area contributed by atoms with Crippen LogP contribution in [0.4, 0.5) is 5.69 Å². The van der Waals surface area contributed by atoms with Crippen molar-refractivity contribution in [3.8, 4) is 0 Å². The summed E-state index contributed by atoms with van der Waals surface area (Å²) in [6.07, 6.45) is 1.84. The van der Waals surface area contributed by atoms with Crippen molar-refractivity contribution in [1.29, 1.82) is 0 Å². The van der Waals surface area contributed by atoms with Gasteiger partial charge in [0.05, 0.1) is 0 Å². The number of hydrogen-bond donors (Lipinski definition) is 2. The average molecular weight is 246 g/mol. The maximum Gasteiger partial charge on any atom is 0.251 e. The van der Waals surface area contributed by atoms with E-state index in [0.717, 1.165) is 5.56 Å². The summed E-state index contributed by atoms with van der Waals surface area (Å²) in [6, 6.07) is 5.25. The fourth-order valence-electron chi connectivity index (χ4n) is 1.57. The highest BCUT2D eigenvalue weighted by Gasteiger charge is 2.09. The van der Waals surface area contributed by atoms with Crippen LogP contribution in [0.2, 0.25) is 0 Å². The third-order valence-electron chi connectivity index (χ3n) is 2.54. The zero-order valence-electron chi connectivity index (χ0n) is 10.0. The summed E-state index contributed by atoms with van der Waals surface area (Å²) in [7, 11) is 0. The molecule has 1 aromatic carbocycles. The van der Waals surface area contributed by atoms with E-state index in [2.05, 4.69) is 15.5 Å². The van der Waals surface area contributed by atoms with Crippen molar-refractivity contribution in [2.45, 2.75) is 13.3 Å². The average Bonchev–Trinajstić information content (AvgIpc) is 2.85. The molecule has 1 heterocycles. The molecule has 94 valence electrons. The number of nitrogens with one attached hydrogen (secondary N) is 1. The highest BCUT2D eigenvalue weighted by molar-refractivity contribution is 5.96. The molecule has 0 radical (unpaired) electrons.